The summed E-state index contributed by atoms with van der Waals surface area (Å²) in [4.78, 5) is 11.7. The van der Waals surface area contributed by atoms with Gasteiger partial charge in [0.05, 0.1) is 13.0 Å². The third kappa shape index (κ3) is 2.37. The zero-order chi connectivity index (χ0) is 14.3. The first-order valence-corrected chi connectivity index (χ1v) is 7.27. The van der Waals surface area contributed by atoms with E-state index in [4.69, 9.17) is 4.74 Å². The van der Waals surface area contributed by atoms with Crippen LogP contribution in [0.4, 0.5) is 4.39 Å². The van der Waals surface area contributed by atoms with Crippen molar-refractivity contribution in [3.8, 4) is 0 Å². The molecule has 0 radical (unpaired) electrons. The van der Waals surface area contributed by atoms with Crippen LogP contribution in [0.2, 0.25) is 0 Å². The Bertz CT molecular complexity index is 597. The van der Waals surface area contributed by atoms with Crippen molar-refractivity contribution in [2.24, 2.45) is 0 Å². The van der Waals surface area contributed by atoms with Crippen molar-refractivity contribution in [2.75, 3.05) is 6.61 Å². The van der Waals surface area contributed by atoms with E-state index in [1.807, 2.05) is 19.9 Å². The zero-order valence-electron chi connectivity index (χ0n) is 12.0. The lowest BCUT2D eigenvalue weighted by Crippen LogP contribution is -2.05. The van der Waals surface area contributed by atoms with E-state index < -0.39 is 0 Å². The molecule has 0 bridgehead atoms. The van der Waals surface area contributed by atoms with Crippen molar-refractivity contribution in [3.05, 3.63) is 40.2 Å². The second-order valence-electron chi connectivity index (χ2n) is 5.72. The molecule has 0 amide bonds. The monoisotopic (exact) mass is 274 g/mol. The Labute approximate surface area is 118 Å². The van der Waals surface area contributed by atoms with Gasteiger partial charge in [-0.3, -0.25) is 4.79 Å². The summed E-state index contributed by atoms with van der Waals surface area (Å²) in [5.41, 5.74) is 5.06. The molecular formula is C17H19FO2. The molecule has 3 heteroatoms. The maximum absolute atomic E-state index is 14.1. The van der Waals surface area contributed by atoms with E-state index in [2.05, 4.69) is 0 Å². The predicted molar refractivity (Wildman–Crippen MR) is 75.9 cm³/mol. The lowest BCUT2D eigenvalue weighted by Gasteiger charge is -2.10. The van der Waals surface area contributed by atoms with Gasteiger partial charge < -0.3 is 4.74 Å². The van der Waals surface area contributed by atoms with Crippen LogP contribution in [0.5, 0.6) is 0 Å². The van der Waals surface area contributed by atoms with Crippen LogP contribution in [0.15, 0.2) is 17.7 Å². The number of carbonyl (C=O) groups is 1. The highest BCUT2D eigenvalue weighted by atomic mass is 19.1. The molecule has 0 heterocycles. The van der Waals surface area contributed by atoms with E-state index in [1.165, 1.54) is 0 Å². The minimum atomic E-state index is -0.202. The van der Waals surface area contributed by atoms with Crippen LogP contribution in [0, 0.1) is 5.82 Å². The molecule has 0 unspecified atom stereocenters. The minimum Gasteiger partial charge on any atom is -0.466 e. The minimum absolute atomic E-state index is 0.0866. The van der Waals surface area contributed by atoms with Crippen LogP contribution in [0.25, 0.3) is 5.57 Å². The van der Waals surface area contributed by atoms with Gasteiger partial charge >= 0.3 is 5.97 Å². The third-order valence-electron chi connectivity index (χ3n) is 4.16. The van der Waals surface area contributed by atoms with Gasteiger partial charge in [-0.1, -0.05) is 5.57 Å². The predicted octanol–water partition coefficient (Wildman–Crippen LogP) is 3.99. The fourth-order valence-electron chi connectivity index (χ4n) is 2.99. The standard InChI is InChI=1S/C17H19FO2/c1-3-20-17(19)9-13-10(2)6-12-7-16(18)15(8-14(12)13)11-4-5-11/h7-8,11H,3-6,9H2,1-2H3. The van der Waals surface area contributed by atoms with E-state index in [-0.39, 0.29) is 11.8 Å². The Morgan fingerprint density at radius 2 is 2.15 bits per heavy atom. The van der Waals surface area contributed by atoms with Crippen molar-refractivity contribution in [3.63, 3.8) is 0 Å². The van der Waals surface area contributed by atoms with Gasteiger partial charge in [-0.2, -0.15) is 0 Å². The fourth-order valence-corrected chi connectivity index (χ4v) is 2.99. The molecule has 0 N–H and O–H groups in total. The van der Waals surface area contributed by atoms with Gasteiger partial charge in [0.2, 0.25) is 0 Å². The van der Waals surface area contributed by atoms with Crippen LogP contribution < -0.4 is 0 Å². The Kier molecular flexibility index (Phi) is 3.36. The maximum Gasteiger partial charge on any atom is 0.310 e. The summed E-state index contributed by atoms with van der Waals surface area (Å²) < 4.78 is 19.1. The van der Waals surface area contributed by atoms with Crippen LogP contribution in [0.1, 0.15) is 55.7 Å². The van der Waals surface area contributed by atoms with Gasteiger partial charge in [-0.25, -0.2) is 4.39 Å². The van der Waals surface area contributed by atoms with Crippen molar-refractivity contribution in [1.82, 2.24) is 0 Å². The van der Waals surface area contributed by atoms with Crippen LogP contribution >= 0.6 is 0 Å². The van der Waals surface area contributed by atoms with Gasteiger partial charge in [0, 0.05) is 0 Å². The molecule has 2 aliphatic rings. The molecule has 20 heavy (non-hydrogen) atoms. The highest BCUT2D eigenvalue weighted by molar-refractivity contribution is 5.89. The second-order valence-corrected chi connectivity index (χ2v) is 5.72. The number of hydrogen-bond donors (Lipinski definition) is 0. The summed E-state index contributed by atoms with van der Waals surface area (Å²) >= 11 is 0. The lowest BCUT2D eigenvalue weighted by molar-refractivity contribution is -0.141. The molecule has 0 atom stereocenters. The Morgan fingerprint density at radius 1 is 1.40 bits per heavy atom. The smallest absolute Gasteiger partial charge is 0.310 e. The first kappa shape index (κ1) is 13.3. The topological polar surface area (TPSA) is 26.3 Å². The summed E-state index contributed by atoms with van der Waals surface area (Å²) in [5, 5.41) is 0. The number of esters is 1. The molecule has 0 aliphatic heterocycles. The van der Waals surface area contributed by atoms with Gasteiger partial charge in [-0.15, -0.1) is 0 Å². The Morgan fingerprint density at radius 3 is 2.80 bits per heavy atom. The molecule has 1 aromatic carbocycles. The summed E-state index contributed by atoms with van der Waals surface area (Å²) in [6, 6.07) is 3.62. The van der Waals surface area contributed by atoms with E-state index in [9.17, 15) is 9.18 Å². The Balaban J connectivity index is 1.92. The molecule has 1 saturated carbocycles. The summed E-state index contributed by atoms with van der Waals surface area (Å²) in [7, 11) is 0. The largest absolute Gasteiger partial charge is 0.466 e. The summed E-state index contributed by atoms with van der Waals surface area (Å²) in [5.74, 6) is 0.0912. The van der Waals surface area contributed by atoms with Crippen molar-refractivity contribution in [2.45, 2.75) is 45.4 Å². The average Bonchev–Trinajstić information content (AvgIpc) is 3.17. The summed E-state index contributed by atoms with van der Waals surface area (Å²) in [6.45, 7) is 4.22. The highest BCUT2D eigenvalue weighted by Crippen LogP contribution is 2.45. The molecule has 0 spiro atoms. The van der Waals surface area contributed by atoms with Crippen LogP contribution in [-0.4, -0.2) is 12.6 Å². The normalized spacial score (nSPS) is 17.4. The van der Waals surface area contributed by atoms with Gasteiger partial charge in [-0.05, 0) is 73.4 Å². The fraction of sp³-hybridized carbons (Fsp3) is 0.471. The maximum atomic E-state index is 14.1. The molecule has 2 aliphatic carbocycles. The van der Waals surface area contributed by atoms with Crippen molar-refractivity contribution >= 4 is 11.5 Å². The molecule has 0 aromatic heterocycles. The van der Waals surface area contributed by atoms with E-state index in [0.29, 0.717) is 18.9 Å². The summed E-state index contributed by atoms with van der Waals surface area (Å²) in [6.07, 6.45) is 3.19. The SMILES string of the molecule is CCOC(=O)CC1=C(C)Cc2cc(F)c(C3CC3)cc21. The van der Waals surface area contributed by atoms with Gasteiger partial charge in [0.25, 0.3) is 0 Å². The number of hydrogen-bond acceptors (Lipinski definition) is 2. The zero-order valence-corrected chi connectivity index (χ0v) is 12.0. The molecule has 106 valence electrons. The lowest BCUT2D eigenvalue weighted by atomic mass is 9.98. The molecule has 1 aromatic rings. The van der Waals surface area contributed by atoms with Gasteiger partial charge in [0.15, 0.2) is 0 Å². The second kappa shape index (κ2) is 5.04. The van der Waals surface area contributed by atoms with E-state index in [1.54, 1.807) is 6.07 Å². The number of halogens is 1. The quantitative estimate of drug-likeness (QED) is 0.776. The molecular weight excluding hydrogens is 255 g/mol. The molecule has 3 rings (SSSR count). The number of fused-ring (bicyclic) bond motifs is 1. The third-order valence-corrected chi connectivity index (χ3v) is 4.16. The number of allylic oxidation sites excluding steroid dienone is 1. The van der Waals surface area contributed by atoms with Crippen LogP contribution in [0.3, 0.4) is 0 Å². The highest BCUT2D eigenvalue weighted by Gasteiger charge is 2.30. The molecule has 1 fully saturated rings. The van der Waals surface area contributed by atoms with Gasteiger partial charge in [0.1, 0.15) is 5.82 Å². The van der Waals surface area contributed by atoms with Crippen molar-refractivity contribution in [1.29, 1.82) is 0 Å². The number of benzene rings is 1. The molecule has 0 saturated heterocycles. The average molecular weight is 274 g/mol. The first-order valence-electron chi connectivity index (χ1n) is 7.27. The first-order chi connectivity index (χ1) is 9.60. The van der Waals surface area contributed by atoms with E-state index >= 15 is 0 Å². The number of rotatable bonds is 4. The van der Waals surface area contributed by atoms with E-state index in [0.717, 1.165) is 47.1 Å². The molecule has 2 nitrogen and oxygen atoms in total. The van der Waals surface area contributed by atoms with Crippen molar-refractivity contribution < 1.29 is 13.9 Å². The number of carbonyl (C=O) groups excluding carboxylic acids is 1. The Hall–Kier alpha value is -1.64. The van der Waals surface area contributed by atoms with Crippen LogP contribution in [-0.2, 0) is 16.0 Å². The number of ether oxygens (including phenoxy) is 1.